The SMILES string of the molecule is CCc1cnc(CNC(=NC)NC(C)c2ccc(Cl)c(Cl)c2)s1.I. The van der Waals surface area contributed by atoms with Gasteiger partial charge in [-0.15, -0.1) is 35.3 Å². The molecule has 8 heteroatoms. The first-order valence-corrected chi connectivity index (χ1v) is 8.96. The fraction of sp³-hybridized carbons (Fsp3) is 0.375. The molecule has 0 saturated carbocycles. The Morgan fingerprint density at radius 1 is 1.33 bits per heavy atom. The van der Waals surface area contributed by atoms with E-state index in [9.17, 15) is 0 Å². The maximum Gasteiger partial charge on any atom is 0.191 e. The molecule has 1 atom stereocenters. The maximum absolute atomic E-state index is 6.07. The number of aryl methyl sites for hydroxylation is 1. The predicted octanol–water partition coefficient (Wildman–Crippen LogP) is 5.06. The molecule has 0 aliphatic carbocycles. The number of benzene rings is 1. The van der Waals surface area contributed by atoms with Crippen LogP contribution in [0.3, 0.4) is 0 Å². The van der Waals surface area contributed by atoms with E-state index < -0.39 is 0 Å². The summed E-state index contributed by atoms with van der Waals surface area (Å²) in [6.07, 6.45) is 2.94. The van der Waals surface area contributed by atoms with Crippen LogP contribution in [-0.2, 0) is 13.0 Å². The Labute approximate surface area is 174 Å². The Hall–Kier alpha value is -0.570. The number of thiazole rings is 1. The largest absolute Gasteiger partial charge is 0.350 e. The molecule has 2 aromatic rings. The lowest BCUT2D eigenvalue weighted by molar-refractivity contribution is 0.685. The van der Waals surface area contributed by atoms with Gasteiger partial charge in [0.05, 0.1) is 22.6 Å². The number of guanidine groups is 1. The Morgan fingerprint density at radius 2 is 2.08 bits per heavy atom. The van der Waals surface area contributed by atoms with E-state index in [1.165, 1.54) is 4.88 Å². The molecule has 0 aliphatic heterocycles. The summed E-state index contributed by atoms with van der Waals surface area (Å²) < 4.78 is 0. The van der Waals surface area contributed by atoms with Crippen LogP contribution in [0.25, 0.3) is 0 Å². The van der Waals surface area contributed by atoms with Crippen molar-refractivity contribution in [2.24, 2.45) is 4.99 Å². The molecule has 2 N–H and O–H groups in total. The van der Waals surface area contributed by atoms with Crippen LogP contribution in [-0.4, -0.2) is 18.0 Å². The second-order valence-electron chi connectivity index (χ2n) is 5.04. The van der Waals surface area contributed by atoms with Crippen LogP contribution in [0.1, 0.15) is 35.3 Å². The molecule has 24 heavy (non-hydrogen) atoms. The molecule has 0 fully saturated rings. The van der Waals surface area contributed by atoms with E-state index in [1.54, 1.807) is 24.5 Å². The zero-order valence-corrected chi connectivity index (χ0v) is 18.4. The van der Waals surface area contributed by atoms with Gasteiger partial charge in [0.2, 0.25) is 0 Å². The zero-order valence-electron chi connectivity index (χ0n) is 13.8. The van der Waals surface area contributed by atoms with E-state index in [2.05, 4.69) is 27.5 Å². The number of halogens is 3. The van der Waals surface area contributed by atoms with E-state index in [-0.39, 0.29) is 30.0 Å². The molecular formula is C16H21Cl2IN4S. The monoisotopic (exact) mass is 498 g/mol. The summed E-state index contributed by atoms with van der Waals surface area (Å²) in [5.74, 6) is 0.719. The highest BCUT2D eigenvalue weighted by atomic mass is 127. The van der Waals surface area contributed by atoms with Crippen LogP contribution < -0.4 is 10.6 Å². The van der Waals surface area contributed by atoms with Crippen LogP contribution >= 0.6 is 58.5 Å². The first-order valence-electron chi connectivity index (χ1n) is 7.39. The fourth-order valence-corrected chi connectivity index (χ4v) is 3.13. The Bertz CT molecular complexity index is 690. The van der Waals surface area contributed by atoms with Crippen molar-refractivity contribution in [3.63, 3.8) is 0 Å². The van der Waals surface area contributed by atoms with Gasteiger partial charge in [-0.1, -0.05) is 36.2 Å². The molecular weight excluding hydrogens is 478 g/mol. The van der Waals surface area contributed by atoms with Crippen molar-refractivity contribution < 1.29 is 0 Å². The summed E-state index contributed by atoms with van der Waals surface area (Å²) in [5, 5.41) is 8.77. The Morgan fingerprint density at radius 3 is 2.67 bits per heavy atom. The van der Waals surface area contributed by atoms with Crippen LogP contribution in [0.4, 0.5) is 0 Å². The third-order valence-electron chi connectivity index (χ3n) is 3.38. The van der Waals surface area contributed by atoms with Gasteiger partial charge in [0.25, 0.3) is 0 Å². The molecule has 1 aromatic carbocycles. The summed E-state index contributed by atoms with van der Waals surface area (Å²) >= 11 is 13.7. The number of aromatic nitrogens is 1. The highest BCUT2D eigenvalue weighted by Gasteiger charge is 2.10. The Balaban J connectivity index is 0.00000288. The summed E-state index contributed by atoms with van der Waals surface area (Å²) in [7, 11) is 1.75. The summed E-state index contributed by atoms with van der Waals surface area (Å²) in [4.78, 5) is 9.93. The fourth-order valence-electron chi connectivity index (χ4n) is 2.02. The third-order valence-corrected chi connectivity index (χ3v) is 5.26. The number of nitrogens with zero attached hydrogens (tertiary/aromatic N) is 2. The molecule has 0 saturated heterocycles. The number of rotatable bonds is 5. The van der Waals surface area contributed by atoms with Crippen molar-refractivity contribution in [1.29, 1.82) is 0 Å². The molecule has 2 rings (SSSR count). The predicted molar refractivity (Wildman–Crippen MR) is 115 cm³/mol. The second-order valence-corrected chi connectivity index (χ2v) is 7.05. The van der Waals surface area contributed by atoms with Crippen molar-refractivity contribution in [2.75, 3.05) is 7.05 Å². The lowest BCUT2D eigenvalue weighted by Gasteiger charge is -2.18. The first-order chi connectivity index (χ1) is 11.0. The average molecular weight is 499 g/mol. The quantitative estimate of drug-likeness (QED) is 0.344. The lowest BCUT2D eigenvalue weighted by Crippen LogP contribution is -2.38. The van der Waals surface area contributed by atoms with Gasteiger partial charge in [0.1, 0.15) is 5.01 Å². The van der Waals surface area contributed by atoms with Gasteiger partial charge >= 0.3 is 0 Å². The summed E-state index contributed by atoms with van der Waals surface area (Å²) in [6, 6.07) is 5.67. The van der Waals surface area contributed by atoms with Gasteiger partial charge < -0.3 is 10.6 Å². The molecule has 0 aliphatic rings. The topological polar surface area (TPSA) is 49.3 Å². The normalized spacial score (nSPS) is 12.5. The Kier molecular flexibility index (Phi) is 9.33. The molecule has 0 spiro atoms. The van der Waals surface area contributed by atoms with E-state index in [0.29, 0.717) is 16.6 Å². The van der Waals surface area contributed by atoms with Gasteiger partial charge in [-0.2, -0.15) is 0 Å². The minimum absolute atomic E-state index is 0. The van der Waals surface area contributed by atoms with Gasteiger partial charge in [-0.05, 0) is 31.0 Å². The molecule has 0 radical (unpaired) electrons. The van der Waals surface area contributed by atoms with Gasteiger partial charge in [0, 0.05) is 18.1 Å². The minimum atomic E-state index is 0. The average Bonchev–Trinajstić information content (AvgIpc) is 3.01. The van der Waals surface area contributed by atoms with Crippen molar-refractivity contribution in [1.82, 2.24) is 15.6 Å². The van der Waals surface area contributed by atoms with Crippen LogP contribution in [0.5, 0.6) is 0 Å². The molecule has 1 aromatic heterocycles. The highest BCUT2D eigenvalue weighted by Crippen LogP contribution is 2.25. The van der Waals surface area contributed by atoms with Crippen molar-refractivity contribution >= 4 is 64.5 Å². The lowest BCUT2D eigenvalue weighted by atomic mass is 10.1. The molecule has 0 bridgehead atoms. The van der Waals surface area contributed by atoms with Crippen molar-refractivity contribution in [2.45, 2.75) is 32.9 Å². The zero-order chi connectivity index (χ0) is 16.8. The molecule has 1 unspecified atom stereocenters. The third kappa shape index (κ3) is 6.06. The van der Waals surface area contributed by atoms with Gasteiger partial charge in [-0.25, -0.2) is 4.98 Å². The summed E-state index contributed by atoms with van der Waals surface area (Å²) in [6.45, 7) is 4.83. The highest BCUT2D eigenvalue weighted by molar-refractivity contribution is 14.0. The maximum atomic E-state index is 6.07. The molecule has 4 nitrogen and oxygen atoms in total. The standard InChI is InChI=1S/C16H20Cl2N4S.HI/c1-4-12-8-20-15(23-12)9-21-16(19-3)22-10(2)11-5-6-13(17)14(18)7-11;/h5-8,10H,4,9H2,1-3H3,(H2,19,21,22);1H. The minimum Gasteiger partial charge on any atom is -0.350 e. The van der Waals surface area contributed by atoms with Crippen molar-refractivity contribution in [3.8, 4) is 0 Å². The molecule has 0 amide bonds. The van der Waals surface area contributed by atoms with E-state index >= 15 is 0 Å². The second kappa shape index (κ2) is 10.4. The van der Waals surface area contributed by atoms with Crippen LogP contribution in [0, 0.1) is 0 Å². The van der Waals surface area contributed by atoms with Crippen LogP contribution in [0.2, 0.25) is 10.0 Å². The van der Waals surface area contributed by atoms with E-state index in [4.69, 9.17) is 23.2 Å². The van der Waals surface area contributed by atoms with Crippen LogP contribution in [0.15, 0.2) is 29.4 Å². The number of hydrogen-bond acceptors (Lipinski definition) is 3. The summed E-state index contributed by atoms with van der Waals surface area (Å²) in [5.41, 5.74) is 1.05. The molecule has 1 heterocycles. The van der Waals surface area contributed by atoms with E-state index in [1.807, 2.05) is 25.3 Å². The van der Waals surface area contributed by atoms with Gasteiger partial charge in [0.15, 0.2) is 5.96 Å². The van der Waals surface area contributed by atoms with E-state index in [0.717, 1.165) is 23.0 Å². The smallest absolute Gasteiger partial charge is 0.191 e. The van der Waals surface area contributed by atoms with Crippen molar-refractivity contribution in [3.05, 3.63) is 49.9 Å². The molecule has 132 valence electrons. The number of hydrogen-bond donors (Lipinski definition) is 2. The number of nitrogens with one attached hydrogen (secondary N) is 2. The van der Waals surface area contributed by atoms with Gasteiger partial charge in [-0.3, -0.25) is 4.99 Å². The first kappa shape index (κ1) is 21.5. The number of aliphatic imine (C=N–C) groups is 1.